The van der Waals surface area contributed by atoms with E-state index in [2.05, 4.69) is 11.9 Å². The van der Waals surface area contributed by atoms with E-state index in [-0.39, 0.29) is 34.6 Å². The maximum Gasteiger partial charge on any atom is 0.250 e. The molecule has 2 aliphatic rings. The number of aliphatic imine (C=N–C) groups is 1. The van der Waals surface area contributed by atoms with Gasteiger partial charge in [0.1, 0.15) is 5.75 Å². The summed E-state index contributed by atoms with van der Waals surface area (Å²) in [6, 6.07) is 7.42. The Labute approximate surface area is 171 Å². The highest BCUT2D eigenvalue weighted by molar-refractivity contribution is 8.16. The van der Waals surface area contributed by atoms with Crippen molar-refractivity contribution in [1.29, 1.82) is 0 Å². The van der Waals surface area contributed by atoms with Crippen molar-refractivity contribution in [3.8, 4) is 5.75 Å². The van der Waals surface area contributed by atoms with Crippen molar-refractivity contribution in [2.75, 3.05) is 23.0 Å². The Morgan fingerprint density at radius 2 is 2.14 bits per heavy atom. The number of anilines is 1. The summed E-state index contributed by atoms with van der Waals surface area (Å²) in [5.41, 5.74) is 0.821. The lowest BCUT2D eigenvalue weighted by atomic mass is 10.1. The highest BCUT2D eigenvalue weighted by atomic mass is 32.2. The molecular weight excluding hydrogens is 396 g/mol. The van der Waals surface area contributed by atoms with Gasteiger partial charge < -0.3 is 9.64 Å². The molecule has 0 N–H and O–H groups in total. The molecule has 3 atom stereocenters. The summed E-state index contributed by atoms with van der Waals surface area (Å²) in [4.78, 5) is 18.7. The number of carbonyl (C=O) groups is 1. The number of amides is 1. The van der Waals surface area contributed by atoms with Gasteiger partial charge in [0.25, 0.3) is 5.91 Å². The van der Waals surface area contributed by atoms with E-state index in [1.165, 1.54) is 11.8 Å². The molecule has 154 valence electrons. The third-order valence-corrected chi connectivity index (χ3v) is 8.38. The van der Waals surface area contributed by atoms with Crippen molar-refractivity contribution >= 4 is 38.4 Å². The van der Waals surface area contributed by atoms with Gasteiger partial charge in [0.2, 0.25) is 0 Å². The van der Waals surface area contributed by atoms with Gasteiger partial charge in [0.05, 0.1) is 24.2 Å². The molecule has 0 spiro atoms. The predicted molar refractivity (Wildman–Crippen MR) is 115 cm³/mol. The van der Waals surface area contributed by atoms with Gasteiger partial charge in [-0.2, -0.15) is 4.99 Å². The van der Waals surface area contributed by atoms with Crippen molar-refractivity contribution in [1.82, 2.24) is 0 Å². The van der Waals surface area contributed by atoms with E-state index in [4.69, 9.17) is 4.74 Å². The van der Waals surface area contributed by atoms with Crippen LogP contribution < -0.4 is 9.64 Å². The molecule has 0 radical (unpaired) electrons. The summed E-state index contributed by atoms with van der Waals surface area (Å²) >= 11 is 1.41. The van der Waals surface area contributed by atoms with Gasteiger partial charge in [-0.05, 0) is 25.0 Å². The molecule has 2 heterocycles. The Morgan fingerprint density at radius 3 is 2.86 bits per heavy atom. The minimum atomic E-state index is -3.08. The first-order chi connectivity index (χ1) is 13.3. The fraction of sp³-hybridized carbons (Fsp3) is 0.600. The largest absolute Gasteiger partial charge is 0.494 e. The lowest BCUT2D eigenvalue weighted by Gasteiger charge is -2.25. The van der Waals surface area contributed by atoms with Crippen LogP contribution in [0.1, 0.15) is 40.0 Å². The Bertz CT molecular complexity index is 854. The van der Waals surface area contributed by atoms with Crippen LogP contribution in [0, 0.1) is 5.92 Å². The highest BCUT2D eigenvalue weighted by Crippen LogP contribution is 2.41. The standard InChI is InChI=1S/C20H28N2O4S2/c1-4-6-10-26-16-9-7-8-15(11-16)22-17-12-28(24,25)13-18(17)27-20(22)21-19(23)14(3)5-2/h7-9,11,14,17-18H,4-6,10,12-13H2,1-3H3/t14-,17-,18-/m1/s1. The van der Waals surface area contributed by atoms with E-state index in [1.54, 1.807) is 0 Å². The van der Waals surface area contributed by atoms with Crippen LogP contribution in [-0.4, -0.2) is 48.9 Å². The molecule has 2 fully saturated rings. The monoisotopic (exact) mass is 424 g/mol. The third kappa shape index (κ3) is 4.71. The zero-order valence-corrected chi connectivity index (χ0v) is 18.3. The topological polar surface area (TPSA) is 76.0 Å². The second-order valence-corrected chi connectivity index (χ2v) is 10.8. The Balaban J connectivity index is 1.92. The molecule has 2 aliphatic heterocycles. The first kappa shape index (κ1) is 21.2. The van der Waals surface area contributed by atoms with E-state index < -0.39 is 9.84 Å². The second-order valence-electron chi connectivity index (χ2n) is 7.41. The van der Waals surface area contributed by atoms with Gasteiger partial charge in [-0.25, -0.2) is 8.42 Å². The second kappa shape index (κ2) is 8.86. The molecular formula is C20H28N2O4S2. The number of amidine groups is 1. The molecule has 2 saturated heterocycles. The molecule has 0 aromatic heterocycles. The predicted octanol–water partition coefficient (Wildman–Crippen LogP) is 3.51. The van der Waals surface area contributed by atoms with E-state index in [0.29, 0.717) is 11.8 Å². The molecule has 3 rings (SSSR count). The molecule has 1 aromatic carbocycles. The van der Waals surface area contributed by atoms with E-state index >= 15 is 0 Å². The van der Waals surface area contributed by atoms with E-state index in [9.17, 15) is 13.2 Å². The van der Waals surface area contributed by atoms with Crippen molar-refractivity contribution in [3.05, 3.63) is 24.3 Å². The van der Waals surface area contributed by atoms with Crippen molar-refractivity contribution < 1.29 is 17.9 Å². The zero-order chi connectivity index (χ0) is 20.3. The first-order valence-electron chi connectivity index (χ1n) is 9.86. The number of rotatable bonds is 7. The molecule has 0 bridgehead atoms. The molecule has 1 aromatic rings. The fourth-order valence-electron chi connectivity index (χ4n) is 3.30. The zero-order valence-electron chi connectivity index (χ0n) is 16.6. The van der Waals surface area contributed by atoms with Crippen LogP contribution in [0.4, 0.5) is 5.69 Å². The van der Waals surface area contributed by atoms with Crippen LogP contribution >= 0.6 is 11.8 Å². The lowest BCUT2D eigenvalue weighted by molar-refractivity contribution is -0.121. The van der Waals surface area contributed by atoms with Crippen LogP contribution in [0.25, 0.3) is 0 Å². The molecule has 0 aliphatic carbocycles. The van der Waals surface area contributed by atoms with Crippen molar-refractivity contribution in [2.24, 2.45) is 10.9 Å². The van der Waals surface area contributed by atoms with Crippen LogP contribution in [0.2, 0.25) is 0 Å². The summed E-state index contributed by atoms with van der Waals surface area (Å²) in [7, 11) is -3.08. The van der Waals surface area contributed by atoms with E-state index in [1.807, 2.05) is 43.0 Å². The van der Waals surface area contributed by atoms with E-state index in [0.717, 1.165) is 30.7 Å². The number of carbonyl (C=O) groups excluding carboxylic acids is 1. The summed E-state index contributed by atoms with van der Waals surface area (Å²) in [6.07, 6.45) is 2.75. The number of benzene rings is 1. The highest BCUT2D eigenvalue weighted by Gasteiger charge is 2.49. The number of ether oxygens (including phenoxy) is 1. The maximum absolute atomic E-state index is 12.4. The van der Waals surface area contributed by atoms with Gasteiger partial charge >= 0.3 is 0 Å². The Kier molecular flexibility index (Phi) is 6.70. The number of hydrogen-bond acceptors (Lipinski definition) is 5. The van der Waals surface area contributed by atoms with Crippen LogP contribution in [-0.2, 0) is 14.6 Å². The molecule has 1 amide bonds. The molecule has 0 saturated carbocycles. The number of nitrogens with zero attached hydrogens (tertiary/aromatic N) is 2. The maximum atomic E-state index is 12.4. The quantitative estimate of drug-likeness (QED) is 0.624. The van der Waals surface area contributed by atoms with Crippen molar-refractivity contribution in [3.63, 3.8) is 0 Å². The molecule has 6 nitrogen and oxygen atoms in total. The first-order valence-corrected chi connectivity index (χ1v) is 12.6. The van der Waals surface area contributed by atoms with Gasteiger partial charge in [0.15, 0.2) is 15.0 Å². The normalized spacial score (nSPS) is 25.7. The summed E-state index contributed by atoms with van der Waals surface area (Å²) in [5, 5.41) is 0.499. The summed E-state index contributed by atoms with van der Waals surface area (Å²) in [5.74, 6) is 0.647. The van der Waals surface area contributed by atoms with Crippen LogP contribution in [0.3, 0.4) is 0 Å². The lowest BCUT2D eigenvalue weighted by Crippen LogP contribution is -2.37. The molecule has 8 heteroatoms. The van der Waals surface area contributed by atoms with Gasteiger partial charge in [-0.15, -0.1) is 0 Å². The van der Waals surface area contributed by atoms with Gasteiger partial charge in [-0.1, -0.05) is 45.0 Å². The SMILES string of the molecule is CCCCOc1cccc(N2C(=NC(=O)[C@H](C)CC)S[C@@H]3CS(=O)(=O)C[C@H]32)c1. The van der Waals surface area contributed by atoms with Crippen LogP contribution in [0.15, 0.2) is 29.3 Å². The molecule has 0 unspecified atom stereocenters. The minimum Gasteiger partial charge on any atom is -0.494 e. The Morgan fingerprint density at radius 1 is 1.36 bits per heavy atom. The van der Waals surface area contributed by atoms with Gasteiger partial charge in [0, 0.05) is 22.9 Å². The van der Waals surface area contributed by atoms with Crippen molar-refractivity contribution in [2.45, 2.75) is 51.3 Å². The Hall–Kier alpha value is -1.54. The molecule has 28 heavy (non-hydrogen) atoms. The third-order valence-electron chi connectivity index (χ3n) is 5.17. The fourth-order valence-corrected chi connectivity index (χ4v) is 7.22. The number of fused-ring (bicyclic) bond motifs is 1. The number of unbranched alkanes of at least 4 members (excludes halogenated alkanes) is 1. The van der Waals surface area contributed by atoms with Gasteiger partial charge in [-0.3, -0.25) is 4.79 Å². The van der Waals surface area contributed by atoms with Crippen LogP contribution in [0.5, 0.6) is 5.75 Å². The number of hydrogen-bond donors (Lipinski definition) is 0. The summed E-state index contributed by atoms with van der Waals surface area (Å²) < 4.78 is 30.2. The number of thioether (sulfide) groups is 1. The average molecular weight is 425 g/mol. The average Bonchev–Trinajstić information content (AvgIpc) is 3.12. The minimum absolute atomic E-state index is 0.0854. The smallest absolute Gasteiger partial charge is 0.250 e. The summed E-state index contributed by atoms with van der Waals surface area (Å²) in [6.45, 7) is 6.58. The number of sulfone groups is 1.